The maximum absolute atomic E-state index is 13.3. The highest BCUT2D eigenvalue weighted by Crippen LogP contribution is 2.42. The van der Waals surface area contributed by atoms with Crippen LogP contribution in [0.15, 0.2) is 29.2 Å². The predicted molar refractivity (Wildman–Crippen MR) is 100 cm³/mol. The van der Waals surface area contributed by atoms with Crippen LogP contribution in [-0.2, 0) is 19.6 Å². The molecule has 8 heteroatoms. The molecule has 2 aliphatic heterocycles. The highest BCUT2D eigenvalue weighted by Gasteiger charge is 2.50. The van der Waals surface area contributed by atoms with Crippen LogP contribution in [0.25, 0.3) is 0 Å². The first-order chi connectivity index (χ1) is 12.9. The molecule has 4 rings (SSSR count). The van der Waals surface area contributed by atoms with Gasteiger partial charge in [0.15, 0.2) is 0 Å². The van der Waals surface area contributed by atoms with Crippen molar-refractivity contribution >= 4 is 27.5 Å². The molecule has 0 unspecified atom stereocenters. The van der Waals surface area contributed by atoms with E-state index in [9.17, 15) is 18.0 Å². The lowest BCUT2D eigenvalue weighted by atomic mass is 9.85. The van der Waals surface area contributed by atoms with E-state index in [0.717, 1.165) is 32.1 Å². The SMILES string of the molecule is NC(=O)[C@@H]1C[C@@H]2CCCC[C@H]2N1S(=O)(=O)c1ccc(N2CCCC2=O)cc1. The summed E-state index contributed by atoms with van der Waals surface area (Å²) in [6.45, 7) is 0.657. The van der Waals surface area contributed by atoms with Gasteiger partial charge in [0.05, 0.1) is 4.90 Å². The minimum Gasteiger partial charge on any atom is -0.368 e. The van der Waals surface area contributed by atoms with Crippen LogP contribution in [-0.4, -0.2) is 43.2 Å². The summed E-state index contributed by atoms with van der Waals surface area (Å²) in [6, 6.07) is 5.48. The van der Waals surface area contributed by atoms with Gasteiger partial charge in [-0.25, -0.2) is 8.42 Å². The summed E-state index contributed by atoms with van der Waals surface area (Å²) in [6.07, 6.45) is 5.60. The van der Waals surface area contributed by atoms with Crippen molar-refractivity contribution in [1.29, 1.82) is 0 Å². The Hall–Kier alpha value is -1.93. The molecule has 2 N–H and O–H groups in total. The summed E-state index contributed by atoms with van der Waals surface area (Å²) in [7, 11) is -3.83. The second kappa shape index (κ2) is 6.91. The van der Waals surface area contributed by atoms with Crippen molar-refractivity contribution in [2.24, 2.45) is 11.7 Å². The van der Waals surface area contributed by atoms with Gasteiger partial charge in [-0.2, -0.15) is 4.31 Å². The fraction of sp³-hybridized carbons (Fsp3) is 0.579. The van der Waals surface area contributed by atoms with Gasteiger partial charge in [-0.3, -0.25) is 9.59 Å². The number of carbonyl (C=O) groups excluding carboxylic acids is 2. The van der Waals surface area contributed by atoms with Crippen molar-refractivity contribution in [3.05, 3.63) is 24.3 Å². The van der Waals surface area contributed by atoms with E-state index in [1.54, 1.807) is 17.0 Å². The van der Waals surface area contributed by atoms with E-state index in [-0.39, 0.29) is 22.8 Å². The van der Waals surface area contributed by atoms with Crippen LogP contribution >= 0.6 is 0 Å². The number of anilines is 1. The minimum atomic E-state index is -3.83. The number of nitrogens with zero attached hydrogens (tertiary/aromatic N) is 2. The van der Waals surface area contributed by atoms with Crippen LogP contribution in [0.5, 0.6) is 0 Å². The van der Waals surface area contributed by atoms with Crippen molar-refractivity contribution in [3.63, 3.8) is 0 Å². The third-order valence-electron chi connectivity index (χ3n) is 6.15. The molecule has 3 fully saturated rings. The number of amides is 2. The number of carbonyl (C=O) groups is 2. The average Bonchev–Trinajstić information content (AvgIpc) is 3.25. The third kappa shape index (κ3) is 3.14. The van der Waals surface area contributed by atoms with Gasteiger partial charge in [0.2, 0.25) is 21.8 Å². The lowest BCUT2D eigenvalue weighted by Gasteiger charge is -2.32. The smallest absolute Gasteiger partial charge is 0.244 e. The van der Waals surface area contributed by atoms with E-state index in [2.05, 4.69) is 0 Å². The van der Waals surface area contributed by atoms with Gasteiger partial charge in [0.25, 0.3) is 0 Å². The van der Waals surface area contributed by atoms with Gasteiger partial charge in [-0.15, -0.1) is 0 Å². The fourth-order valence-corrected chi connectivity index (χ4v) is 6.73. The molecule has 1 saturated carbocycles. The fourth-order valence-electron chi connectivity index (χ4n) is 4.85. The van der Waals surface area contributed by atoms with Gasteiger partial charge < -0.3 is 10.6 Å². The van der Waals surface area contributed by atoms with Crippen LogP contribution in [0.4, 0.5) is 5.69 Å². The zero-order valence-electron chi connectivity index (χ0n) is 15.2. The largest absolute Gasteiger partial charge is 0.368 e. The molecule has 7 nitrogen and oxygen atoms in total. The molecular formula is C19H25N3O4S. The number of benzene rings is 1. The Morgan fingerprint density at radius 1 is 1.07 bits per heavy atom. The highest BCUT2D eigenvalue weighted by atomic mass is 32.2. The maximum atomic E-state index is 13.3. The van der Waals surface area contributed by atoms with Crippen LogP contribution in [0.2, 0.25) is 0 Å². The van der Waals surface area contributed by atoms with Crippen molar-refractivity contribution in [3.8, 4) is 0 Å². The quantitative estimate of drug-likeness (QED) is 0.843. The summed E-state index contributed by atoms with van der Waals surface area (Å²) in [5, 5.41) is 0. The van der Waals surface area contributed by atoms with Crippen molar-refractivity contribution < 1.29 is 18.0 Å². The number of hydrogen-bond acceptors (Lipinski definition) is 4. The number of nitrogens with two attached hydrogens (primary N) is 1. The van der Waals surface area contributed by atoms with E-state index in [1.165, 1.54) is 16.4 Å². The Balaban J connectivity index is 1.65. The van der Waals surface area contributed by atoms with E-state index in [1.807, 2.05) is 0 Å². The Labute approximate surface area is 159 Å². The Kier molecular flexibility index (Phi) is 4.71. The first-order valence-electron chi connectivity index (χ1n) is 9.63. The van der Waals surface area contributed by atoms with Crippen molar-refractivity contribution in [1.82, 2.24) is 4.31 Å². The third-order valence-corrected chi connectivity index (χ3v) is 8.10. The first-order valence-corrected chi connectivity index (χ1v) is 11.1. The first kappa shape index (κ1) is 18.4. The number of hydrogen-bond donors (Lipinski definition) is 1. The molecule has 1 aliphatic carbocycles. The van der Waals surface area contributed by atoms with Gasteiger partial charge in [0.1, 0.15) is 6.04 Å². The zero-order valence-corrected chi connectivity index (χ0v) is 16.0. The average molecular weight is 391 g/mol. The van der Waals surface area contributed by atoms with Crippen LogP contribution in [0, 0.1) is 5.92 Å². The molecule has 2 saturated heterocycles. The van der Waals surface area contributed by atoms with Gasteiger partial charge in [-0.05, 0) is 55.9 Å². The summed E-state index contributed by atoms with van der Waals surface area (Å²) >= 11 is 0. The number of rotatable bonds is 4. The van der Waals surface area contributed by atoms with Gasteiger partial charge in [-0.1, -0.05) is 12.8 Å². The Bertz CT molecular complexity index is 852. The lowest BCUT2D eigenvalue weighted by Crippen LogP contribution is -2.48. The van der Waals surface area contributed by atoms with Crippen LogP contribution in [0.1, 0.15) is 44.9 Å². The second-order valence-electron chi connectivity index (χ2n) is 7.74. The molecule has 3 aliphatic rings. The second-order valence-corrected chi connectivity index (χ2v) is 9.59. The lowest BCUT2D eigenvalue weighted by molar-refractivity contribution is -0.121. The minimum absolute atomic E-state index is 0.0592. The molecule has 3 atom stereocenters. The topological polar surface area (TPSA) is 101 Å². The predicted octanol–water partition coefficient (Wildman–Crippen LogP) is 1.62. The zero-order chi connectivity index (χ0) is 19.2. The molecule has 0 bridgehead atoms. The molecule has 27 heavy (non-hydrogen) atoms. The van der Waals surface area contributed by atoms with E-state index < -0.39 is 22.0 Å². The molecule has 2 amide bonds. The molecule has 0 aromatic heterocycles. The van der Waals surface area contributed by atoms with Crippen molar-refractivity contribution in [2.45, 2.75) is 61.9 Å². The monoisotopic (exact) mass is 391 g/mol. The van der Waals surface area contributed by atoms with Gasteiger partial charge in [0, 0.05) is 24.7 Å². The molecule has 146 valence electrons. The molecular weight excluding hydrogens is 366 g/mol. The number of sulfonamides is 1. The standard InChI is InChI=1S/C19H25N3O4S/c20-19(24)17-12-13-4-1-2-5-16(13)22(17)27(25,26)15-9-7-14(8-10-15)21-11-3-6-18(21)23/h7-10,13,16-17H,1-6,11-12H2,(H2,20,24)/t13-,16+,17-/m0/s1. The van der Waals surface area contributed by atoms with Crippen molar-refractivity contribution in [2.75, 3.05) is 11.4 Å². The summed E-state index contributed by atoms with van der Waals surface area (Å²) in [5.41, 5.74) is 6.26. The molecule has 0 spiro atoms. The Morgan fingerprint density at radius 3 is 2.41 bits per heavy atom. The van der Waals surface area contributed by atoms with Gasteiger partial charge >= 0.3 is 0 Å². The molecule has 0 radical (unpaired) electrons. The normalized spacial score (nSPS) is 29.1. The maximum Gasteiger partial charge on any atom is 0.244 e. The summed E-state index contributed by atoms with van der Waals surface area (Å²) < 4.78 is 28.0. The van der Waals surface area contributed by atoms with E-state index in [4.69, 9.17) is 5.73 Å². The highest BCUT2D eigenvalue weighted by molar-refractivity contribution is 7.89. The summed E-state index contributed by atoms with van der Waals surface area (Å²) in [4.78, 5) is 25.7. The van der Waals surface area contributed by atoms with E-state index >= 15 is 0 Å². The Morgan fingerprint density at radius 2 is 1.78 bits per heavy atom. The molecule has 1 aromatic carbocycles. The molecule has 2 heterocycles. The molecule has 1 aromatic rings. The summed E-state index contributed by atoms with van der Waals surface area (Å²) in [5.74, 6) is -0.316. The number of fused-ring (bicyclic) bond motifs is 1. The number of primary amides is 1. The van der Waals surface area contributed by atoms with E-state index in [0.29, 0.717) is 25.1 Å². The van der Waals surface area contributed by atoms with Crippen LogP contribution in [0.3, 0.4) is 0 Å². The van der Waals surface area contributed by atoms with Crippen LogP contribution < -0.4 is 10.6 Å².